The molecule has 0 saturated heterocycles. The quantitative estimate of drug-likeness (QED) is 0.322. The van der Waals surface area contributed by atoms with Crippen molar-refractivity contribution in [3.05, 3.63) is 12.2 Å². The van der Waals surface area contributed by atoms with E-state index >= 15 is 0 Å². The van der Waals surface area contributed by atoms with Gasteiger partial charge in [-0.1, -0.05) is 57.6 Å². The summed E-state index contributed by atoms with van der Waals surface area (Å²) >= 11 is 0. The molecule has 0 amide bonds. The summed E-state index contributed by atoms with van der Waals surface area (Å²) in [6.07, 6.45) is 9.50. The van der Waals surface area contributed by atoms with Crippen LogP contribution in [0, 0.1) is 0 Å². The van der Waals surface area contributed by atoms with Crippen molar-refractivity contribution in [3.8, 4) is 0 Å². The van der Waals surface area contributed by atoms with Gasteiger partial charge in [-0.2, -0.15) is 0 Å². The maximum absolute atomic E-state index is 10.1. The standard InChI is InChI=1S/C14H26O3/c1-3-4-5-6-7-8-9-10-13(2)11-12-17-14(15)16/h2-12H2,1H3,(H,15,16). The van der Waals surface area contributed by atoms with Gasteiger partial charge in [-0.05, 0) is 12.8 Å². The zero-order chi connectivity index (χ0) is 12.9. The number of unbranched alkanes of at least 4 members (excludes halogenated alkanes) is 6. The van der Waals surface area contributed by atoms with Crippen LogP contribution in [0.15, 0.2) is 12.2 Å². The Labute approximate surface area is 105 Å². The minimum atomic E-state index is -1.20. The fourth-order valence-electron chi connectivity index (χ4n) is 1.74. The number of hydrogen-bond acceptors (Lipinski definition) is 2. The zero-order valence-electron chi connectivity index (χ0n) is 11.0. The third kappa shape index (κ3) is 12.9. The Morgan fingerprint density at radius 3 is 2.24 bits per heavy atom. The van der Waals surface area contributed by atoms with Crippen LogP contribution in [-0.2, 0) is 4.74 Å². The van der Waals surface area contributed by atoms with E-state index in [4.69, 9.17) is 5.11 Å². The van der Waals surface area contributed by atoms with Gasteiger partial charge in [-0.15, -0.1) is 0 Å². The fourth-order valence-corrected chi connectivity index (χ4v) is 1.74. The van der Waals surface area contributed by atoms with Crippen molar-refractivity contribution in [2.75, 3.05) is 6.61 Å². The lowest BCUT2D eigenvalue weighted by Gasteiger charge is -2.05. The highest BCUT2D eigenvalue weighted by atomic mass is 16.7. The van der Waals surface area contributed by atoms with Crippen LogP contribution >= 0.6 is 0 Å². The van der Waals surface area contributed by atoms with E-state index in [1.54, 1.807) is 0 Å². The summed E-state index contributed by atoms with van der Waals surface area (Å²) in [5, 5.41) is 8.29. The lowest BCUT2D eigenvalue weighted by molar-refractivity contribution is 0.0925. The molecule has 0 aliphatic rings. The normalized spacial score (nSPS) is 10.2. The highest BCUT2D eigenvalue weighted by Crippen LogP contribution is 2.13. The Kier molecular flexibility index (Phi) is 10.8. The van der Waals surface area contributed by atoms with Crippen LogP contribution in [0.5, 0.6) is 0 Å². The summed E-state index contributed by atoms with van der Waals surface area (Å²) in [5.74, 6) is 0. The molecule has 0 aliphatic heterocycles. The predicted octanol–water partition coefficient (Wildman–Crippen LogP) is 4.77. The van der Waals surface area contributed by atoms with Crippen molar-refractivity contribution in [2.45, 2.75) is 64.7 Å². The monoisotopic (exact) mass is 242 g/mol. The van der Waals surface area contributed by atoms with E-state index in [0.29, 0.717) is 6.42 Å². The van der Waals surface area contributed by atoms with E-state index in [1.165, 1.54) is 38.5 Å². The highest BCUT2D eigenvalue weighted by Gasteiger charge is 1.99. The van der Waals surface area contributed by atoms with Crippen molar-refractivity contribution in [1.82, 2.24) is 0 Å². The van der Waals surface area contributed by atoms with Crippen LogP contribution in [0.25, 0.3) is 0 Å². The van der Waals surface area contributed by atoms with Gasteiger partial charge in [0.2, 0.25) is 0 Å². The number of hydrogen-bond donors (Lipinski definition) is 1. The molecular weight excluding hydrogens is 216 g/mol. The summed E-state index contributed by atoms with van der Waals surface area (Å²) in [6, 6.07) is 0. The highest BCUT2D eigenvalue weighted by molar-refractivity contribution is 5.56. The number of carbonyl (C=O) groups is 1. The van der Waals surface area contributed by atoms with E-state index in [-0.39, 0.29) is 6.61 Å². The Morgan fingerprint density at radius 1 is 1.06 bits per heavy atom. The van der Waals surface area contributed by atoms with Crippen LogP contribution in [0.1, 0.15) is 64.7 Å². The summed E-state index contributed by atoms with van der Waals surface area (Å²) in [4.78, 5) is 10.1. The van der Waals surface area contributed by atoms with Crippen molar-refractivity contribution in [1.29, 1.82) is 0 Å². The first-order valence-corrected chi connectivity index (χ1v) is 6.69. The third-order valence-corrected chi connectivity index (χ3v) is 2.82. The molecule has 0 fully saturated rings. The molecule has 0 spiro atoms. The van der Waals surface area contributed by atoms with Gasteiger partial charge in [0.05, 0.1) is 6.61 Å². The van der Waals surface area contributed by atoms with Crippen molar-refractivity contribution < 1.29 is 14.6 Å². The first-order chi connectivity index (χ1) is 8.16. The Balaban J connectivity index is 3.19. The average Bonchev–Trinajstić information content (AvgIpc) is 2.27. The lowest BCUT2D eigenvalue weighted by atomic mass is 10.0. The molecule has 0 aromatic heterocycles. The van der Waals surface area contributed by atoms with E-state index in [0.717, 1.165) is 18.4 Å². The molecule has 0 aliphatic carbocycles. The topological polar surface area (TPSA) is 46.5 Å². The minimum absolute atomic E-state index is 0.241. The van der Waals surface area contributed by atoms with Gasteiger partial charge < -0.3 is 9.84 Å². The largest absolute Gasteiger partial charge is 0.505 e. The molecule has 3 heteroatoms. The Bertz CT molecular complexity index is 212. The summed E-state index contributed by atoms with van der Waals surface area (Å²) in [7, 11) is 0. The van der Waals surface area contributed by atoms with Crippen LogP contribution in [-0.4, -0.2) is 17.9 Å². The minimum Gasteiger partial charge on any atom is -0.450 e. The zero-order valence-corrected chi connectivity index (χ0v) is 11.0. The molecule has 0 bridgehead atoms. The van der Waals surface area contributed by atoms with Gasteiger partial charge in [0, 0.05) is 6.42 Å². The molecule has 0 aromatic rings. The Morgan fingerprint density at radius 2 is 1.65 bits per heavy atom. The summed E-state index contributed by atoms with van der Waals surface area (Å²) < 4.78 is 4.44. The molecule has 0 aromatic carbocycles. The average molecular weight is 242 g/mol. The second-order valence-electron chi connectivity index (χ2n) is 4.49. The molecule has 0 radical (unpaired) electrons. The summed E-state index contributed by atoms with van der Waals surface area (Å²) in [6.45, 7) is 6.39. The first kappa shape index (κ1) is 16.0. The molecule has 0 saturated carbocycles. The molecule has 17 heavy (non-hydrogen) atoms. The maximum Gasteiger partial charge on any atom is 0.505 e. The van der Waals surface area contributed by atoms with E-state index < -0.39 is 6.16 Å². The molecule has 0 unspecified atom stereocenters. The fraction of sp³-hybridized carbons (Fsp3) is 0.786. The second-order valence-corrected chi connectivity index (χ2v) is 4.49. The van der Waals surface area contributed by atoms with Gasteiger partial charge in [0.25, 0.3) is 0 Å². The first-order valence-electron chi connectivity index (χ1n) is 6.69. The van der Waals surface area contributed by atoms with Crippen molar-refractivity contribution in [3.63, 3.8) is 0 Å². The van der Waals surface area contributed by atoms with Gasteiger partial charge in [0.1, 0.15) is 0 Å². The Hall–Kier alpha value is -0.990. The SMILES string of the molecule is C=C(CCCCCCCCC)CCOC(=O)O. The smallest absolute Gasteiger partial charge is 0.450 e. The molecule has 0 heterocycles. The van der Waals surface area contributed by atoms with E-state index in [2.05, 4.69) is 18.2 Å². The molecule has 0 rings (SSSR count). The molecule has 3 nitrogen and oxygen atoms in total. The number of carboxylic acid groups (broad SMARTS) is 1. The second kappa shape index (κ2) is 11.5. The summed E-state index contributed by atoms with van der Waals surface area (Å²) in [5.41, 5.74) is 1.10. The van der Waals surface area contributed by atoms with Crippen molar-refractivity contribution >= 4 is 6.16 Å². The predicted molar refractivity (Wildman–Crippen MR) is 70.3 cm³/mol. The van der Waals surface area contributed by atoms with E-state index in [9.17, 15) is 4.79 Å². The van der Waals surface area contributed by atoms with Gasteiger partial charge >= 0.3 is 6.16 Å². The van der Waals surface area contributed by atoms with Crippen LogP contribution in [0.3, 0.4) is 0 Å². The molecule has 1 N–H and O–H groups in total. The molecule has 0 atom stereocenters. The lowest BCUT2D eigenvalue weighted by Crippen LogP contribution is -2.02. The van der Waals surface area contributed by atoms with Gasteiger partial charge in [-0.25, -0.2) is 4.79 Å². The van der Waals surface area contributed by atoms with Crippen molar-refractivity contribution in [2.24, 2.45) is 0 Å². The van der Waals surface area contributed by atoms with Crippen LogP contribution in [0.4, 0.5) is 4.79 Å². The number of rotatable bonds is 11. The van der Waals surface area contributed by atoms with Gasteiger partial charge in [0.15, 0.2) is 0 Å². The number of ether oxygens (including phenoxy) is 1. The van der Waals surface area contributed by atoms with Crippen LogP contribution < -0.4 is 0 Å². The third-order valence-electron chi connectivity index (χ3n) is 2.82. The maximum atomic E-state index is 10.1. The van der Waals surface area contributed by atoms with Crippen LogP contribution in [0.2, 0.25) is 0 Å². The molecule has 100 valence electrons. The van der Waals surface area contributed by atoms with Gasteiger partial charge in [-0.3, -0.25) is 0 Å². The van der Waals surface area contributed by atoms with E-state index in [1.807, 2.05) is 0 Å². The molecular formula is C14H26O3.